The van der Waals surface area contributed by atoms with E-state index in [0.717, 1.165) is 32.1 Å². The SMILES string of the molecule is CC(C)=CCC/C(C)=C/COC(=O)C(C)C/C=C(\C)CCC=C(C)C. The fourth-order valence-electron chi connectivity index (χ4n) is 2.26. The first-order valence-corrected chi connectivity index (χ1v) is 9.47. The molecule has 0 amide bonds. The van der Waals surface area contributed by atoms with Crippen LogP contribution < -0.4 is 0 Å². The van der Waals surface area contributed by atoms with Gasteiger partial charge in [-0.2, -0.15) is 0 Å². The summed E-state index contributed by atoms with van der Waals surface area (Å²) < 4.78 is 5.38. The summed E-state index contributed by atoms with van der Waals surface area (Å²) in [7, 11) is 0. The van der Waals surface area contributed by atoms with Crippen molar-refractivity contribution in [2.24, 2.45) is 5.92 Å². The fraction of sp³-hybridized carbons (Fsp3) is 0.609. The van der Waals surface area contributed by atoms with Crippen LogP contribution in [0.2, 0.25) is 0 Å². The highest BCUT2D eigenvalue weighted by Crippen LogP contribution is 2.13. The lowest BCUT2D eigenvalue weighted by atomic mass is 10.0. The first-order valence-electron chi connectivity index (χ1n) is 9.47. The fourth-order valence-corrected chi connectivity index (χ4v) is 2.26. The van der Waals surface area contributed by atoms with Crippen LogP contribution in [0, 0.1) is 5.92 Å². The largest absolute Gasteiger partial charge is 0.461 e. The molecule has 25 heavy (non-hydrogen) atoms. The molecule has 142 valence electrons. The van der Waals surface area contributed by atoms with Crippen molar-refractivity contribution in [3.05, 3.63) is 46.6 Å². The molecule has 0 rings (SSSR count). The van der Waals surface area contributed by atoms with Gasteiger partial charge in [0.25, 0.3) is 0 Å². The minimum Gasteiger partial charge on any atom is -0.461 e. The summed E-state index contributed by atoms with van der Waals surface area (Å²) >= 11 is 0. The molecule has 0 aliphatic heterocycles. The molecule has 0 aliphatic carbocycles. The van der Waals surface area contributed by atoms with Gasteiger partial charge in [-0.25, -0.2) is 0 Å². The monoisotopic (exact) mass is 346 g/mol. The van der Waals surface area contributed by atoms with Gasteiger partial charge in [0.15, 0.2) is 0 Å². The summed E-state index contributed by atoms with van der Waals surface area (Å²) in [5.41, 5.74) is 5.31. The number of allylic oxidation sites excluding steroid dienone is 7. The quantitative estimate of drug-likeness (QED) is 0.299. The van der Waals surface area contributed by atoms with Crippen molar-refractivity contribution in [2.75, 3.05) is 6.61 Å². The topological polar surface area (TPSA) is 26.3 Å². The second kappa shape index (κ2) is 13.7. The third-order valence-electron chi connectivity index (χ3n) is 4.06. The molecule has 0 fully saturated rings. The summed E-state index contributed by atoms with van der Waals surface area (Å²) in [6.07, 6.45) is 13.6. The molecule has 2 heteroatoms. The van der Waals surface area contributed by atoms with E-state index in [4.69, 9.17) is 4.74 Å². The van der Waals surface area contributed by atoms with Crippen LogP contribution in [0.1, 0.15) is 80.6 Å². The van der Waals surface area contributed by atoms with Crippen LogP contribution in [0.25, 0.3) is 0 Å². The number of esters is 1. The minimum absolute atomic E-state index is 0.0854. The van der Waals surface area contributed by atoms with Gasteiger partial charge in [0, 0.05) is 0 Å². The summed E-state index contributed by atoms with van der Waals surface area (Å²) in [5.74, 6) is -0.195. The highest BCUT2D eigenvalue weighted by atomic mass is 16.5. The summed E-state index contributed by atoms with van der Waals surface area (Å²) in [4.78, 5) is 12.0. The Morgan fingerprint density at radius 2 is 1.28 bits per heavy atom. The van der Waals surface area contributed by atoms with Gasteiger partial charge < -0.3 is 4.74 Å². The number of hydrogen-bond donors (Lipinski definition) is 0. The smallest absolute Gasteiger partial charge is 0.309 e. The van der Waals surface area contributed by atoms with Crippen LogP contribution in [-0.2, 0) is 9.53 Å². The van der Waals surface area contributed by atoms with E-state index in [1.807, 2.05) is 13.0 Å². The molecule has 1 atom stereocenters. The molecule has 0 aromatic heterocycles. The molecular formula is C23H38O2. The standard InChI is InChI=1S/C23H38O2/c1-18(2)10-8-12-20(5)14-15-22(7)23(24)25-17-16-21(6)13-9-11-19(3)4/h10-11,14,16,22H,8-9,12-13,15,17H2,1-7H3/b20-14+,21-16+. The van der Waals surface area contributed by atoms with Crippen molar-refractivity contribution in [3.63, 3.8) is 0 Å². The van der Waals surface area contributed by atoms with Crippen LogP contribution in [0.5, 0.6) is 0 Å². The normalized spacial score (nSPS) is 13.2. The number of carbonyl (C=O) groups is 1. The average Bonchev–Trinajstić information content (AvgIpc) is 2.51. The van der Waals surface area contributed by atoms with Gasteiger partial charge in [-0.05, 0) is 79.7 Å². The van der Waals surface area contributed by atoms with Crippen LogP contribution in [0.15, 0.2) is 46.6 Å². The number of rotatable bonds is 11. The number of hydrogen-bond acceptors (Lipinski definition) is 2. The lowest BCUT2D eigenvalue weighted by Gasteiger charge is -2.09. The van der Waals surface area contributed by atoms with E-state index in [2.05, 4.69) is 59.8 Å². The van der Waals surface area contributed by atoms with Crippen LogP contribution in [0.4, 0.5) is 0 Å². The maximum absolute atomic E-state index is 12.0. The molecule has 0 aromatic rings. The van der Waals surface area contributed by atoms with E-state index in [9.17, 15) is 4.79 Å². The van der Waals surface area contributed by atoms with Crippen molar-refractivity contribution in [1.29, 1.82) is 0 Å². The molecule has 0 spiro atoms. The zero-order valence-corrected chi connectivity index (χ0v) is 17.4. The summed E-state index contributed by atoms with van der Waals surface area (Å²) in [5, 5.41) is 0. The molecule has 0 bridgehead atoms. The Hall–Kier alpha value is -1.57. The van der Waals surface area contributed by atoms with Crippen LogP contribution >= 0.6 is 0 Å². The Kier molecular flexibility index (Phi) is 12.8. The zero-order chi connectivity index (χ0) is 19.2. The van der Waals surface area contributed by atoms with Gasteiger partial charge >= 0.3 is 5.97 Å². The van der Waals surface area contributed by atoms with Gasteiger partial charge in [-0.1, -0.05) is 47.4 Å². The van der Waals surface area contributed by atoms with E-state index in [1.165, 1.54) is 22.3 Å². The van der Waals surface area contributed by atoms with E-state index < -0.39 is 0 Å². The second-order valence-electron chi connectivity index (χ2n) is 7.51. The molecule has 0 saturated heterocycles. The third-order valence-corrected chi connectivity index (χ3v) is 4.06. The highest BCUT2D eigenvalue weighted by Gasteiger charge is 2.12. The molecule has 0 heterocycles. The predicted molar refractivity (Wildman–Crippen MR) is 110 cm³/mol. The average molecular weight is 347 g/mol. The van der Waals surface area contributed by atoms with E-state index in [-0.39, 0.29) is 11.9 Å². The van der Waals surface area contributed by atoms with Crippen LogP contribution in [-0.4, -0.2) is 12.6 Å². The highest BCUT2D eigenvalue weighted by molar-refractivity contribution is 5.72. The third kappa shape index (κ3) is 14.5. The molecular weight excluding hydrogens is 308 g/mol. The van der Waals surface area contributed by atoms with Gasteiger partial charge in [-0.3, -0.25) is 4.79 Å². The Balaban J connectivity index is 4.13. The summed E-state index contributed by atoms with van der Waals surface area (Å²) in [6, 6.07) is 0. The molecule has 0 N–H and O–H groups in total. The van der Waals surface area contributed by atoms with Crippen molar-refractivity contribution in [1.82, 2.24) is 0 Å². The predicted octanol–water partition coefficient (Wildman–Crippen LogP) is 6.94. The van der Waals surface area contributed by atoms with Gasteiger partial charge in [0.2, 0.25) is 0 Å². The lowest BCUT2D eigenvalue weighted by Crippen LogP contribution is -2.14. The Morgan fingerprint density at radius 3 is 1.76 bits per heavy atom. The molecule has 2 nitrogen and oxygen atoms in total. The lowest BCUT2D eigenvalue weighted by molar-refractivity contribution is -0.146. The second-order valence-corrected chi connectivity index (χ2v) is 7.51. The molecule has 0 radical (unpaired) electrons. The van der Waals surface area contributed by atoms with Gasteiger partial charge in [-0.15, -0.1) is 0 Å². The van der Waals surface area contributed by atoms with Crippen molar-refractivity contribution >= 4 is 5.97 Å². The van der Waals surface area contributed by atoms with Gasteiger partial charge in [0.05, 0.1) is 5.92 Å². The van der Waals surface area contributed by atoms with Crippen LogP contribution in [0.3, 0.4) is 0 Å². The van der Waals surface area contributed by atoms with Crippen molar-refractivity contribution in [3.8, 4) is 0 Å². The van der Waals surface area contributed by atoms with Gasteiger partial charge in [0.1, 0.15) is 6.61 Å². The number of ether oxygens (including phenoxy) is 1. The van der Waals surface area contributed by atoms with Crippen molar-refractivity contribution < 1.29 is 9.53 Å². The van der Waals surface area contributed by atoms with E-state index in [1.54, 1.807) is 0 Å². The zero-order valence-electron chi connectivity index (χ0n) is 17.4. The first-order chi connectivity index (χ1) is 11.7. The Labute approximate surface area is 155 Å². The van der Waals surface area contributed by atoms with Crippen molar-refractivity contribution in [2.45, 2.75) is 80.6 Å². The maximum atomic E-state index is 12.0. The first kappa shape index (κ1) is 23.4. The Morgan fingerprint density at radius 1 is 0.800 bits per heavy atom. The summed E-state index contributed by atoms with van der Waals surface area (Å²) in [6.45, 7) is 15.0. The number of carbonyl (C=O) groups excluding carboxylic acids is 1. The molecule has 0 aliphatic rings. The minimum atomic E-state index is -0.110. The molecule has 1 unspecified atom stereocenters. The van der Waals surface area contributed by atoms with E-state index >= 15 is 0 Å². The molecule has 0 aromatic carbocycles. The maximum Gasteiger partial charge on any atom is 0.309 e. The van der Waals surface area contributed by atoms with E-state index in [0.29, 0.717) is 6.61 Å². The Bertz CT molecular complexity index is 510. The molecule has 0 saturated carbocycles.